The van der Waals surface area contributed by atoms with Crippen molar-refractivity contribution in [2.24, 2.45) is 0 Å². The van der Waals surface area contributed by atoms with Gasteiger partial charge >= 0.3 is 0 Å². The summed E-state index contributed by atoms with van der Waals surface area (Å²) in [5.41, 5.74) is 7.39. The van der Waals surface area contributed by atoms with Gasteiger partial charge in [0.05, 0.1) is 11.1 Å². The minimum absolute atomic E-state index is 0.192. The van der Waals surface area contributed by atoms with Crippen LogP contribution in [0, 0.1) is 22.7 Å². The Morgan fingerprint density at radius 3 is 2.26 bits per heavy atom. The van der Waals surface area contributed by atoms with Crippen LogP contribution in [0.4, 0.5) is 5.69 Å². The van der Waals surface area contributed by atoms with Gasteiger partial charge in [0.15, 0.2) is 5.78 Å². The molecule has 19 heavy (non-hydrogen) atoms. The lowest BCUT2D eigenvalue weighted by Gasteiger charge is -2.03. The van der Waals surface area contributed by atoms with Crippen molar-refractivity contribution in [1.29, 1.82) is 10.5 Å². The second-order valence-corrected chi connectivity index (χ2v) is 3.94. The molecule has 4 heteroatoms. The summed E-state index contributed by atoms with van der Waals surface area (Å²) in [4.78, 5) is 12.2. The number of ketones is 1. The molecule has 2 aromatic rings. The molecule has 90 valence electrons. The second-order valence-electron chi connectivity index (χ2n) is 3.94. The van der Waals surface area contributed by atoms with Gasteiger partial charge in [-0.05, 0) is 30.3 Å². The van der Waals surface area contributed by atoms with Gasteiger partial charge in [-0.2, -0.15) is 10.5 Å². The van der Waals surface area contributed by atoms with Crippen molar-refractivity contribution in [2.75, 3.05) is 5.73 Å². The molecule has 0 saturated carbocycles. The molecule has 0 fully saturated rings. The van der Waals surface area contributed by atoms with Crippen LogP contribution in [0.5, 0.6) is 0 Å². The number of anilines is 1. The Kier molecular flexibility index (Phi) is 3.27. The number of carbonyl (C=O) groups is 1. The Balaban J connectivity index is 2.46. The number of nitrogens with two attached hydrogens (primary N) is 1. The molecule has 0 aliphatic heterocycles. The summed E-state index contributed by atoms with van der Waals surface area (Å²) in [5.74, 6) is -0.228. The fourth-order valence-electron chi connectivity index (χ4n) is 1.72. The normalized spacial score (nSPS) is 9.37. The van der Waals surface area contributed by atoms with Crippen molar-refractivity contribution in [3.05, 3.63) is 64.7 Å². The third kappa shape index (κ3) is 2.43. The standard InChI is InChI=1S/C15H9N3O/c16-8-12-5-4-11(6-13(12)9-17)15(19)10-2-1-3-14(18)7-10/h1-7H,18H2. The van der Waals surface area contributed by atoms with E-state index in [2.05, 4.69) is 0 Å². The van der Waals surface area contributed by atoms with Crippen LogP contribution in [0.15, 0.2) is 42.5 Å². The number of nitrogen functional groups attached to an aromatic ring is 1. The highest BCUT2D eigenvalue weighted by Gasteiger charge is 2.11. The molecule has 2 N–H and O–H groups in total. The van der Waals surface area contributed by atoms with Gasteiger partial charge in [-0.15, -0.1) is 0 Å². The number of hydrogen-bond acceptors (Lipinski definition) is 4. The SMILES string of the molecule is N#Cc1ccc(C(=O)c2cccc(N)c2)cc1C#N. The fourth-order valence-corrected chi connectivity index (χ4v) is 1.72. The maximum atomic E-state index is 12.2. The highest BCUT2D eigenvalue weighted by molar-refractivity contribution is 6.09. The minimum Gasteiger partial charge on any atom is -0.399 e. The van der Waals surface area contributed by atoms with Crippen LogP contribution in [-0.4, -0.2) is 5.78 Å². The van der Waals surface area contributed by atoms with Crippen molar-refractivity contribution in [3.8, 4) is 12.1 Å². The van der Waals surface area contributed by atoms with Gasteiger partial charge in [-0.1, -0.05) is 12.1 Å². The minimum atomic E-state index is -0.228. The second kappa shape index (κ2) is 5.03. The summed E-state index contributed by atoms with van der Waals surface area (Å²) < 4.78 is 0. The van der Waals surface area contributed by atoms with E-state index in [0.717, 1.165) is 0 Å². The number of rotatable bonds is 2. The van der Waals surface area contributed by atoms with E-state index < -0.39 is 0 Å². The van der Waals surface area contributed by atoms with Crippen LogP contribution in [-0.2, 0) is 0 Å². The van der Waals surface area contributed by atoms with Crippen LogP contribution in [0.25, 0.3) is 0 Å². The summed E-state index contributed by atoms with van der Waals surface area (Å²) in [6.45, 7) is 0. The lowest BCUT2D eigenvalue weighted by atomic mass is 9.99. The van der Waals surface area contributed by atoms with E-state index in [1.165, 1.54) is 18.2 Å². The highest BCUT2D eigenvalue weighted by atomic mass is 16.1. The van der Waals surface area contributed by atoms with Crippen LogP contribution in [0.1, 0.15) is 27.0 Å². The van der Waals surface area contributed by atoms with Gasteiger partial charge < -0.3 is 5.73 Å². The Bertz CT molecular complexity index is 736. The highest BCUT2D eigenvalue weighted by Crippen LogP contribution is 2.16. The quantitative estimate of drug-likeness (QED) is 0.650. The topological polar surface area (TPSA) is 90.7 Å². The van der Waals surface area contributed by atoms with Gasteiger partial charge in [0.25, 0.3) is 0 Å². The molecule has 2 rings (SSSR count). The fraction of sp³-hybridized carbons (Fsp3) is 0. The molecule has 0 atom stereocenters. The Morgan fingerprint density at radius 1 is 0.947 bits per heavy atom. The van der Waals surface area contributed by atoms with Crippen molar-refractivity contribution in [2.45, 2.75) is 0 Å². The predicted molar refractivity (Wildman–Crippen MR) is 70.2 cm³/mol. The van der Waals surface area contributed by atoms with E-state index in [1.807, 2.05) is 12.1 Å². The lowest BCUT2D eigenvalue weighted by molar-refractivity contribution is 0.103. The summed E-state index contributed by atoms with van der Waals surface area (Å²) in [6, 6.07) is 14.9. The van der Waals surface area contributed by atoms with Crippen molar-refractivity contribution < 1.29 is 4.79 Å². The zero-order valence-corrected chi connectivity index (χ0v) is 9.92. The Morgan fingerprint density at radius 2 is 1.63 bits per heavy atom. The molecule has 0 aromatic heterocycles. The molecule has 0 aliphatic rings. The smallest absolute Gasteiger partial charge is 0.193 e. The van der Waals surface area contributed by atoms with Gasteiger partial charge in [0.1, 0.15) is 12.1 Å². The average Bonchev–Trinajstić information content (AvgIpc) is 2.45. The number of hydrogen-bond donors (Lipinski definition) is 1. The molecule has 0 bridgehead atoms. The third-order valence-corrected chi connectivity index (χ3v) is 2.67. The van der Waals surface area contributed by atoms with Gasteiger partial charge in [-0.25, -0.2) is 0 Å². The van der Waals surface area contributed by atoms with E-state index >= 15 is 0 Å². The molecule has 0 radical (unpaired) electrons. The maximum Gasteiger partial charge on any atom is 0.193 e. The maximum absolute atomic E-state index is 12.2. The predicted octanol–water partition coefficient (Wildman–Crippen LogP) is 2.24. The molecular formula is C15H9N3O. The molecule has 0 unspecified atom stereocenters. The molecular weight excluding hydrogens is 238 g/mol. The summed E-state index contributed by atoms with van der Waals surface area (Å²) >= 11 is 0. The lowest BCUT2D eigenvalue weighted by Crippen LogP contribution is -2.03. The van der Waals surface area contributed by atoms with Crippen LogP contribution in [0.3, 0.4) is 0 Å². The first-order valence-corrected chi connectivity index (χ1v) is 5.50. The van der Waals surface area contributed by atoms with Crippen molar-refractivity contribution in [3.63, 3.8) is 0 Å². The Hall–Kier alpha value is -3.11. The summed E-state index contributed by atoms with van der Waals surface area (Å²) in [6.07, 6.45) is 0. The number of benzene rings is 2. The average molecular weight is 247 g/mol. The third-order valence-electron chi connectivity index (χ3n) is 2.67. The molecule has 0 spiro atoms. The van der Waals surface area contributed by atoms with Gasteiger partial charge in [-0.3, -0.25) is 4.79 Å². The van der Waals surface area contributed by atoms with Gasteiger partial charge in [0, 0.05) is 16.8 Å². The molecule has 0 amide bonds. The van der Waals surface area contributed by atoms with E-state index in [1.54, 1.807) is 24.3 Å². The van der Waals surface area contributed by atoms with E-state index in [4.69, 9.17) is 16.3 Å². The first-order chi connectivity index (χ1) is 9.15. The number of carbonyl (C=O) groups excluding carboxylic acids is 1. The van der Waals surface area contributed by atoms with Gasteiger partial charge in [0.2, 0.25) is 0 Å². The van der Waals surface area contributed by atoms with Crippen molar-refractivity contribution >= 4 is 11.5 Å². The largest absolute Gasteiger partial charge is 0.399 e. The molecule has 2 aromatic carbocycles. The number of nitriles is 2. The summed E-state index contributed by atoms with van der Waals surface area (Å²) in [5, 5.41) is 17.8. The van der Waals surface area contributed by atoms with Crippen LogP contribution < -0.4 is 5.73 Å². The zero-order valence-electron chi connectivity index (χ0n) is 9.92. The molecule has 0 aliphatic carbocycles. The Labute approximate surface area is 110 Å². The molecule has 4 nitrogen and oxygen atoms in total. The van der Waals surface area contributed by atoms with E-state index in [0.29, 0.717) is 16.8 Å². The van der Waals surface area contributed by atoms with Crippen molar-refractivity contribution in [1.82, 2.24) is 0 Å². The molecule has 0 heterocycles. The number of nitrogens with zero attached hydrogens (tertiary/aromatic N) is 2. The van der Waals surface area contributed by atoms with Crippen LogP contribution in [0.2, 0.25) is 0 Å². The van der Waals surface area contributed by atoms with Crippen LogP contribution >= 0.6 is 0 Å². The first-order valence-electron chi connectivity index (χ1n) is 5.50. The summed E-state index contributed by atoms with van der Waals surface area (Å²) in [7, 11) is 0. The van der Waals surface area contributed by atoms with E-state index in [9.17, 15) is 4.79 Å². The first kappa shape index (κ1) is 12.3. The zero-order chi connectivity index (χ0) is 13.8. The van der Waals surface area contributed by atoms with E-state index in [-0.39, 0.29) is 16.9 Å². The molecule has 0 saturated heterocycles. The monoisotopic (exact) mass is 247 g/mol.